The number of hydrogen-bond acceptors (Lipinski definition) is 5. The maximum Gasteiger partial charge on any atom is 0.337 e. The number of para-hydroxylation sites is 1. The Kier molecular flexibility index (Phi) is 5.64. The zero-order valence-electron chi connectivity index (χ0n) is 22.2. The number of anilines is 1. The van der Waals surface area contributed by atoms with Crippen LogP contribution >= 0.6 is 0 Å². The van der Waals surface area contributed by atoms with Gasteiger partial charge in [-0.15, -0.1) is 0 Å². The molecule has 0 aromatic heterocycles. The Morgan fingerprint density at radius 1 is 0.878 bits per heavy atom. The highest BCUT2D eigenvalue weighted by atomic mass is 16.5. The van der Waals surface area contributed by atoms with Gasteiger partial charge in [0, 0.05) is 12.1 Å². The Morgan fingerprint density at radius 2 is 1.49 bits per heavy atom. The summed E-state index contributed by atoms with van der Waals surface area (Å²) in [6.45, 7) is 2.41. The fourth-order valence-electron chi connectivity index (χ4n) is 7.10. The van der Waals surface area contributed by atoms with Crippen molar-refractivity contribution >= 4 is 35.4 Å². The van der Waals surface area contributed by atoms with Crippen LogP contribution in [0.3, 0.4) is 0 Å². The third kappa shape index (κ3) is 3.45. The van der Waals surface area contributed by atoms with Crippen molar-refractivity contribution in [2.24, 2.45) is 16.8 Å². The smallest absolute Gasteiger partial charge is 0.337 e. The average molecular weight is 543 g/mol. The number of carbonyl (C=O) groups excluding carboxylic acids is 2. The van der Waals surface area contributed by atoms with Gasteiger partial charge in [-0.25, -0.2) is 9.69 Å². The van der Waals surface area contributed by atoms with E-state index in [9.17, 15) is 19.5 Å². The van der Waals surface area contributed by atoms with E-state index in [2.05, 4.69) is 0 Å². The quantitative estimate of drug-likeness (QED) is 0.248. The highest BCUT2D eigenvalue weighted by Crippen LogP contribution is 2.63. The lowest BCUT2D eigenvalue weighted by atomic mass is 9.47. The van der Waals surface area contributed by atoms with Crippen molar-refractivity contribution in [3.8, 4) is 5.75 Å². The maximum absolute atomic E-state index is 14.5. The molecule has 41 heavy (non-hydrogen) atoms. The molecule has 1 fully saturated rings. The van der Waals surface area contributed by atoms with Crippen LogP contribution in [-0.4, -0.2) is 35.7 Å². The number of rotatable bonds is 6. The van der Waals surface area contributed by atoms with Gasteiger partial charge in [-0.1, -0.05) is 60.7 Å². The molecule has 3 aliphatic carbocycles. The van der Waals surface area contributed by atoms with Crippen molar-refractivity contribution in [1.29, 1.82) is 0 Å². The number of hydrogen-bond donors (Lipinski definition) is 1. The number of nitrogens with zero attached hydrogens (tertiary/aromatic N) is 2. The Bertz CT molecular complexity index is 1710. The van der Waals surface area contributed by atoms with Crippen LogP contribution < -0.4 is 9.64 Å². The first-order valence-corrected chi connectivity index (χ1v) is 13.6. The zero-order valence-corrected chi connectivity index (χ0v) is 22.2. The Balaban J connectivity index is 1.46. The number of carboxylic acids is 1. The minimum absolute atomic E-state index is 0.0626. The zero-order chi connectivity index (χ0) is 28.3. The van der Waals surface area contributed by atoms with E-state index in [0.717, 1.165) is 22.3 Å². The SMILES string of the molecule is CCOc1ccc(N2C(=O)C3C4c5ccccc5C(C=Nc5ccccc5C(=O)O)(c5ccccc54)C3C2=O)cc1. The second-order valence-corrected chi connectivity index (χ2v) is 10.5. The minimum atomic E-state index is -1.09. The first kappa shape index (κ1) is 25.0. The Hall–Kier alpha value is -5.04. The highest BCUT2D eigenvalue weighted by Gasteiger charge is 2.67. The summed E-state index contributed by atoms with van der Waals surface area (Å²) in [5.74, 6) is -2.66. The predicted octanol–water partition coefficient (Wildman–Crippen LogP) is 5.74. The number of amides is 2. The van der Waals surface area contributed by atoms with E-state index in [1.165, 1.54) is 11.0 Å². The van der Waals surface area contributed by atoms with Crippen molar-refractivity contribution in [2.75, 3.05) is 11.5 Å². The third-order valence-corrected chi connectivity index (χ3v) is 8.63. The lowest BCUT2D eigenvalue weighted by molar-refractivity contribution is -0.122. The molecule has 1 aliphatic heterocycles. The molecule has 2 bridgehead atoms. The van der Waals surface area contributed by atoms with Crippen LogP contribution in [0, 0.1) is 11.8 Å². The number of imide groups is 1. The van der Waals surface area contributed by atoms with E-state index in [0.29, 0.717) is 18.0 Å². The van der Waals surface area contributed by atoms with E-state index in [1.54, 1.807) is 48.7 Å². The molecule has 1 N–H and O–H groups in total. The van der Waals surface area contributed by atoms with Gasteiger partial charge in [0.1, 0.15) is 5.75 Å². The number of aromatic carboxylic acids is 1. The van der Waals surface area contributed by atoms with E-state index >= 15 is 0 Å². The lowest BCUT2D eigenvalue weighted by Gasteiger charge is -2.52. The molecule has 4 aromatic rings. The Labute approximate surface area is 236 Å². The van der Waals surface area contributed by atoms with Gasteiger partial charge in [-0.3, -0.25) is 14.6 Å². The summed E-state index contributed by atoms with van der Waals surface area (Å²) in [4.78, 5) is 46.8. The van der Waals surface area contributed by atoms with E-state index in [1.807, 2.05) is 55.5 Å². The summed E-state index contributed by atoms with van der Waals surface area (Å²) < 4.78 is 5.57. The van der Waals surface area contributed by atoms with Crippen LogP contribution in [-0.2, 0) is 15.0 Å². The van der Waals surface area contributed by atoms with E-state index in [4.69, 9.17) is 9.73 Å². The van der Waals surface area contributed by atoms with Crippen molar-refractivity contribution in [3.05, 3.63) is 125 Å². The van der Waals surface area contributed by atoms with Crippen LogP contribution in [0.25, 0.3) is 0 Å². The van der Waals surface area contributed by atoms with Gasteiger partial charge >= 0.3 is 5.97 Å². The molecule has 1 heterocycles. The van der Waals surface area contributed by atoms with Gasteiger partial charge in [0.05, 0.1) is 40.8 Å². The molecule has 4 aromatic carbocycles. The minimum Gasteiger partial charge on any atom is -0.494 e. The summed E-state index contributed by atoms with van der Waals surface area (Å²) in [6.07, 6.45) is 1.71. The molecule has 2 unspecified atom stereocenters. The average Bonchev–Trinajstić information content (AvgIpc) is 3.27. The van der Waals surface area contributed by atoms with Gasteiger partial charge in [-0.05, 0) is 65.6 Å². The fraction of sp³-hybridized carbons (Fsp3) is 0.176. The molecule has 0 radical (unpaired) electrons. The first-order chi connectivity index (χ1) is 20.0. The van der Waals surface area contributed by atoms with Gasteiger partial charge in [0.25, 0.3) is 0 Å². The molecule has 0 spiro atoms. The largest absolute Gasteiger partial charge is 0.494 e. The van der Waals surface area contributed by atoms with Crippen LogP contribution in [0.1, 0.15) is 45.5 Å². The number of carbonyl (C=O) groups is 3. The summed E-state index contributed by atoms with van der Waals surface area (Å²) >= 11 is 0. The standard InChI is InChI=1S/C34H26N2O5/c1-2-41-21-17-15-20(16-18-21)36-31(37)29-28-22-9-3-6-12-25(22)34(30(29)32(36)38,26-13-7-4-10-23(26)28)19-35-27-14-8-5-11-24(27)33(39)40/h3-19,28-30H,2H2,1H3,(H,39,40). The molecule has 0 saturated carbocycles. The number of benzene rings is 4. The molecule has 4 aliphatic rings. The van der Waals surface area contributed by atoms with Crippen LogP contribution in [0.5, 0.6) is 5.75 Å². The van der Waals surface area contributed by atoms with Gasteiger partial charge in [0.15, 0.2) is 0 Å². The molecule has 7 nitrogen and oxygen atoms in total. The van der Waals surface area contributed by atoms with Crippen molar-refractivity contribution < 1.29 is 24.2 Å². The molecule has 2 amide bonds. The first-order valence-electron chi connectivity index (χ1n) is 13.6. The number of carboxylic acid groups (broad SMARTS) is 1. The monoisotopic (exact) mass is 542 g/mol. The molecular weight excluding hydrogens is 516 g/mol. The second-order valence-electron chi connectivity index (χ2n) is 10.5. The van der Waals surface area contributed by atoms with Crippen LogP contribution in [0.4, 0.5) is 11.4 Å². The van der Waals surface area contributed by atoms with Crippen LogP contribution in [0.15, 0.2) is 102 Å². The van der Waals surface area contributed by atoms with Crippen molar-refractivity contribution in [1.82, 2.24) is 0 Å². The van der Waals surface area contributed by atoms with Gasteiger partial charge in [0.2, 0.25) is 11.8 Å². The summed E-state index contributed by atoms with van der Waals surface area (Å²) in [7, 11) is 0. The Morgan fingerprint density at radius 3 is 2.12 bits per heavy atom. The van der Waals surface area contributed by atoms with Gasteiger partial charge in [-0.2, -0.15) is 0 Å². The number of aliphatic imine (C=N–C) groups is 1. The fourth-order valence-corrected chi connectivity index (χ4v) is 7.10. The lowest BCUT2D eigenvalue weighted by Crippen LogP contribution is -2.54. The maximum atomic E-state index is 14.5. The van der Waals surface area contributed by atoms with E-state index in [-0.39, 0.29) is 29.0 Å². The number of ether oxygens (including phenoxy) is 1. The summed E-state index contributed by atoms with van der Waals surface area (Å²) in [5.41, 5.74) is 3.56. The van der Waals surface area contributed by atoms with Gasteiger partial charge < -0.3 is 9.84 Å². The second kappa shape index (κ2) is 9.27. The van der Waals surface area contributed by atoms with Crippen LogP contribution in [0.2, 0.25) is 0 Å². The van der Waals surface area contributed by atoms with E-state index < -0.39 is 23.2 Å². The molecule has 202 valence electrons. The topological polar surface area (TPSA) is 96.3 Å². The molecule has 2 atom stereocenters. The predicted molar refractivity (Wildman–Crippen MR) is 154 cm³/mol. The van der Waals surface area contributed by atoms with Crippen molar-refractivity contribution in [2.45, 2.75) is 18.3 Å². The normalized spacial score (nSPS) is 23.8. The summed E-state index contributed by atoms with van der Waals surface area (Å²) in [5, 5.41) is 9.80. The third-order valence-electron chi connectivity index (χ3n) is 8.63. The summed E-state index contributed by atoms with van der Waals surface area (Å²) in [6, 6.07) is 29.4. The molecular formula is C34H26N2O5. The molecule has 8 rings (SSSR count). The van der Waals surface area contributed by atoms with Crippen molar-refractivity contribution in [3.63, 3.8) is 0 Å². The molecule has 1 saturated heterocycles. The highest BCUT2D eigenvalue weighted by molar-refractivity contribution is 6.25. The molecule has 7 heteroatoms.